The first kappa shape index (κ1) is 11.5. The molecule has 1 fully saturated rings. The topological polar surface area (TPSA) is 20.3 Å². The second kappa shape index (κ2) is 4.59. The number of carbonyl (C=O) groups is 1. The molecule has 17 heavy (non-hydrogen) atoms. The van der Waals surface area contributed by atoms with Gasteiger partial charge in [-0.25, -0.2) is 0 Å². The minimum Gasteiger partial charge on any atom is -0.338 e. The van der Waals surface area contributed by atoms with E-state index in [2.05, 4.69) is 34.7 Å². The summed E-state index contributed by atoms with van der Waals surface area (Å²) in [5.74, 6) is 1.14. The fourth-order valence-electron chi connectivity index (χ4n) is 2.45. The maximum Gasteiger partial charge on any atom is 0.254 e. The Morgan fingerprint density at radius 2 is 2.18 bits per heavy atom. The van der Waals surface area contributed by atoms with E-state index >= 15 is 0 Å². The molecule has 1 amide bonds. The van der Waals surface area contributed by atoms with Gasteiger partial charge >= 0.3 is 0 Å². The average Bonchev–Trinajstić information content (AvgIpc) is 3.13. The van der Waals surface area contributed by atoms with Crippen LogP contribution in [0, 0.1) is 9.49 Å². The van der Waals surface area contributed by atoms with Gasteiger partial charge in [-0.2, -0.15) is 0 Å². The second-order valence-electron chi connectivity index (χ2n) is 5.08. The smallest absolute Gasteiger partial charge is 0.254 e. The number of benzene rings is 1. The number of halogens is 1. The third-order valence-corrected chi connectivity index (χ3v) is 4.42. The number of fused-ring (bicyclic) bond motifs is 1. The number of nitrogens with zero attached hydrogens (tertiary/aromatic N) is 1. The van der Waals surface area contributed by atoms with Crippen LogP contribution in [-0.4, -0.2) is 23.9 Å². The van der Waals surface area contributed by atoms with Gasteiger partial charge in [0.05, 0.1) is 0 Å². The average molecular weight is 341 g/mol. The lowest BCUT2D eigenvalue weighted by atomic mass is 9.99. The molecule has 0 aromatic heterocycles. The molecule has 0 unspecified atom stereocenters. The van der Waals surface area contributed by atoms with E-state index in [0.717, 1.165) is 34.6 Å². The van der Waals surface area contributed by atoms with Gasteiger partial charge in [0.25, 0.3) is 5.91 Å². The maximum absolute atomic E-state index is 12.3. The van der Waals surface area contributed by atoms with Gasteiger partial charge in [-0.05, 0) is 59.0 Å². The number of hydrogen-bond acceptors (Lipinski definition) is 1. The van der Waals surface area contributed by atoms with Gasteiger partial charge in [0.15, 0.2) is 0 Å². The molecule has 1 aromatic rings. The fourth-order valence-corrected chi connectivity index (χ4v) is 2.94. The molecular formula is C14H16INO. The number of hydrogen-bond donors (Lipinski definition) is 0. The van der Waals surface area contributed by atoms with Crippen LogP contribution in [0.3, 0.4) is 0 Å². The lowest BCUT2D eigenvalue weighted by Gasteiger charge is -2.28. The molecule has 1 saturated carbocycles. The van der Waals surface area contributed by atoms with E-state index in [1.165, 1.54) is 24.8 Å². The van der Waals surface area contributed by atoms with Gasteiger partial charge < -0.3 is 4.90 Å². The van der Waals surface area contributed by atoms with Crippen LogP contribution in [0.15, 0.2) is 18.2 Å². The first-order valence-electron chi connectivity index (χ1n) is 6.32. The molecule has 1 aromatic carbocycles. The van der Waals surface area contributed by atoms with Crippen molar-refractivity contribution in [2.45, 2.75) is 25.7 Å². The van der Waals surface area contributed by atoms with Crippen molar-refractivity contribution in [3.8, 4) is 0 Å². The van der Waals surface area contributed by atoms with Gasteiger partial charge in [-0.1, -0.05) is 18.9 Å². The van der Waals surface area contributed by atoms with Crippen LogP contribution in [0.2, 0.25) is 0 Å². The van der Waals surface area contributed by atoms with Crippen LogP contribution in [-0.2, 0) is 6.42 Å². The highest BCUT2D eigenvalue weighted by Crippen LogP contribution is 2.33. The zero-order chi connectivity index (χ0) is 11.8. The predicted octanol–water partition coefficient (Wildman–Crippen LogP) is 3.09. The Balaban J connectivity index is 1.76. The molecule has 0 saturated heterocycles. The normalized spacial score (nSPS) is 19.4. The molecule has 1 aliphatic carbocycles. The van der Waals surface area contributed by atoms with Crippen molar-refractivity contribution in [3.05, 3.63) is 32.9 Å². The van der Waals surface area contributed by atoms with Crippen LogP contribution in [0.4, 0.5) is 0 Å². The lowest BCUT2D eigenvalue weighted by Crippen LogP contribution is -2.38. The molecule has 3 heteroatoms. The molecule has 2 aliphatic rings. The summed E-state index contributed by atoms with van der Waals surface area (Å²) in [5.41, 5.74) is 2.15. The van der Waals surface area contributed by atoms with E-state index in [4.69, 9.17) is 0 Å². The number of amides is 1. The molecule has 3 rings (SSSR count). The van der Waals surface area contributed by atoms with E-state index in [0.29, 0.717) is 0 Å². The van der Waals surface area contributed by atoms with E-state index < -0.39 is 0 Å². The zero-order valence-electron chi connectivity index (χ0n) is 9.79. The largest absolute Gasteiger partial charge is 0.338 e. The molecule has 0 radical (unpaired) electrons. The number of carbonyl (C=O) groups excluding carboxylic acids is 1. The summed E-state index contributed by atoms with van der Waals surface area (Å²) in [6.45, 7) is 1.85. The van der Waals surface area contributed by atoms with E-state index in [1.54, 1.807) is 0 Å². The Hall–Kier alpha value is -0.580. The minimum atomic E-state index is 0.241. The highest BCUT2D eigenvalue weighted by molar-refractivity contribution is 14.1. The molecule has 1 aliphatic heterocycles. The van der Waals surface area contributed by atoms with E-state index in [9.17, 15) is 4.79 Å². The molecular weight excluding hydrogens is 325 g/mol. The van der Waals surface area contributed by atoms with Crippen molar-refractivity contribution in [2.24, 2.45) is 5.92 Å². The fraction of sp³-hybridized carbons (Fsp3) is 0.500. The van der Waals surface area contributed by atoms with Crippen LogP contribution < -0.4 is 0 Å². The third kappa shape index (κ3) is 2.49. The number of rotatable bonds is 3. The molecule has 90 valence electrons. The Morgan fingerprint density at radius 3 is 2.94 bits per heavy atom. The Kier molecular flexibility index (Phi) is 3.11. The van der Waals surface area contributed by atoms with Crippen LogP contribution in [0.5, 0.6) is 0 Å². The first-order chi connectivity index (χ1) is 8.24. The zero-order valence-corrected chi connectivity index (χ0v) is 11.9. The highest BCUT2D eigenvalue weighted by Gasteiger charge is 2.27. The molecule has 0 bridgehead atoms. The lowest BCUT2D eigenvalue weighted by molar-refractivity contribution is 0.0735. The third-order valence-electron chi connectivity index (χ3n) is 3.74. The van der Waals surface area contributed by atoms with Crippen molar-refractivity contribution in [1.82, 2.24) is 4.90 Å². The molecule has 0 N–H and O–H groups in total. The van der Waals surface area contributed by atoms with Crippen molar-refractivity contribution >= 4 is 28.5 Å². The summed E-state index contributed by atoms with van der Waals surface area (Å²) < 4.78 is 1.15. The second-order valence-corrected chi connectivity index (χ2v) is 6.32. The summed E-state index contributed by atoms with van der Waals surface area (Å²) in [7, 11) is 0. The van der Waals surface area contributed by atoms with Gasteiger partial charge in [0.1, 0.15) is 0 Å². The highest BCUT2D eigenvalue weighted by atomic mass is 127. The Morgan fingerprint density at radius 1 is 1.35 bits per heavy atom. The van der Waals surface area contributed by atoms with Gasteiger partial charge in [-0.15, -0.1) is 0 Å². The summed E-state index contributed by atoms with van der Waals surface area (Å²) >= 11 is 2.27. The van der Waals surface area contributed by atoms with Crippen molar-refractivity contribution in [1.29, 1.82) is 0 Å². The van der Waals surface area contributed by atoms with E-state index in [1.807, 2.05) is 11.0 Å². The van der Waals surface area contributed by atoms with E-state index in [-0.39, 0.29) is 5.91 Å². The van der Waals surface area contributed by atoms with Gasteiger partial charge in [0, 0.05) is 22.2 Å². The molecule has 1 heterocycles. The SMILES string of the molecule is O=C1c2cc(I)ccc2CCN1CCC1CC1. The summed E-state index contributed by atoms with van der Waals surface area (Å²) in [6, 6.07) is 6.22. The van der Waals surface area contributed by atoms with Crippen LogP contribution >= 0.6 is 22.6 Å². The van der Waals surface area contributed by atoms with Gasteiger partial charge in [-0.3, -0.25) is 4.79 Å². The molecule has 0 atom stereocenters. The van der Waals surface area contributed by atoms with Crippen molar-refractivity contribution in [3.63, 3.8) is 0 Å². The van der Waals surface area contributed by atoms with Crippen molar-refractivity contribution in [2.75, 3.05) is 13.1 Å². The first-order valence-corrected chi connectivity index (χ1v) is 7.39. The summed E-state index contributed by atoms with van der Waals surface area (Å²) in [6.07, 6.45) is 4.96. The predicted molar refractivity (Wildman–Crippen MR) is 76.1 cm³/mol. The Bertz CT molecular complexity index is 454. The maximum atomic E-state index is 12.3. The quantitative estimate of drug-likeness (QED) is 0.774. The standard InChI is InChI=1S/C14H16INO/c15-12-4-3-11-6-8-16(7-5-10-1-2-10)14(17)13(11)9-12/h3-4,9-10H,1-2,5-8H2. The van der Waals surface area contributed by atoms with Crippen LogP contribution in [0.1, 0.15) is 35.2 Å². The molecule has 2 nitrogen and oxygen atoms in total. The van der Waals surface area contributed by atoms with Crippen LogP contribution in [0.25, 0.3) is 0 Å². The van der Waals surface area contributed by atoms with Gasteiger partial charge in [0.2, 0.25) is 0 Å². The van der Waals surface area contributed by atoms with Crippen molar-refractivity contribution < 1.29 is 4.79 Å². The summed E-state index contributed by atoms with van der Waals surface area (Å²) in [5, 5.41) is 0. The minimum absolute atomic E-state index is 0.241. The Labute approximate surface area is 116 Å². The monoisotopic (exact) mass is 341 g/mol. The summed E-state index contributed by atoms with van der Waals surface area (Å²) in [4.78, 5) is 14.4. The molecule has 0 spiro atoms.